The normalized spacial score (nSPS) is 21.1. The van der Waals surface area contributed by atoms with Crippen LogP contribution in [0, 0.1) is 13.8 Å². The Kier molecular flexibility index (Phi) is 3.39. The number of thioether (sulfide) groups is 1. The molecule has 1 atom stereocenters. The average Bonchev–Trinajstić information content (AvgIpc) is 2.59. The molecule has 0 aliphatic carbocycles. The predicted octanol–water partition coefficient (Wildman–Crippen LogP) is 1.77. The maximum absolute atomic E-state index is 11.2. The number of carboxylic acid groups (broad SMARTS) is 1. The average molecular weight is 258 g/mol. The fourth-order valence-corrected chi connectivity index (χ4v) is 3.64. The summed E-state index contributed by atoms with van der Waals surface area (Å²) in [5.74, 6) is 0.867. The number of hydrogen-bond acceptors (Lipinski definition) is 5. The van der Waals surface area contributed by atoms with E-state index >= 15 is 0 Å². The van der Waals surface area contributed by atoms with Gasteiger partial charge in [-0.05, 0) is 13.8 Å². The van der Waals surface area contributed by atoms with Gasteiger partial charge in [0, 0.05) is 22.9 Å². The molecule has 0 radical (unpaired) electrons. The molecule has 16 heavy (non-hydrogen) atoms. The van der Waals surface area contributed by atoms with Crippen LogP contribution in [0.4, 0.5) is 5.13 Å². The van der Waals surface area contributed by atoms with Crippen molar-refractivity contribution < 1.29 is 9.90 Å². The number of anilines is 1. The molecule has 1 aromatic heterocycles. The van der Waals surface area contributed by atoms with Crippen LogP contribution in [-0.2, 0) is 4.79 Å². The van der Waals surface area contributed by atoms with Gasteiger partial charge in [-0.15, -0.1) is 11.3 Å². The van der Waals surface area contributed by atoms with Crippen molar-refractivity contribution in [3.05, 3.63) is 10.6 Å². The summed E-state index contributed by atoms with van der Waals surface area (Å²) in [6.07, 6.45) is 0. The van der Waals surface area contributed by atoms with Gasteiger partial charge < -0.3 is 10.0 Å². The Labute approximate surface area is 103 Å². The quantitative estimate of drug-likeness (QED) is 0.876. The first-order chi connectivity index (χ1) is 7.59. The van der Waals surface area contributed by atoms with E-state index in [9.17, 15) is 4.79 Å². The molecule has 0 spiro atoms. The van der Waals surface area contributed by atoms with Crippen LogP contribution < -0.4 is 4.90 Å². The van der Waals surface area contributed by atoms with Crippen molar-refractivity contribution in [3.63, 3.8) is 0 Å². The van der Waals surface area contributed by atoms with Gasteiger partial charge in [-0.3, -0.25) is 0 Å². The van der Waals surface area contributed by atoms with Crippen LogP contribution in [-0.4, -0.2) is 40.2 Å². The minimum absolute atomic E-state index is 0.427. The molecule has 1 aliphatic rings. The van der Waals surface area contributed by atoms with E-state index in [0.29, 0.717) is 5.75 Å². The fourth-order valence-electron chi connectivity index (χ4n) is 1.62. The number of nitrogens with zero attached hydrogens (tertiary/aromatic N) is 2. The van der Waals surface area contributed by atoms with Crippen molar-refractivity contribution in [2.45, 2.75) is 19.9 Å². The molecule has 4 nitrogen and oxygen atoms in total. The Morgan fingerprint density at radius 2 is 2.31 bits per heavy atom. The Morgan fingerprint density at radius 1 is 1.56 bits per heavy atom. The third-order valence-electron chi connectivity index (χ3n) is 2.68. The highest BCUT2D eigenvalue weighted by Crippen LogP contribution is 2.29. The molecule has 6 heteroatoms. The number of carboxylic acids is 1. The van der Waals surface area contributed by atoms with Crippen molar-refractivity contribution in [3.8, 4) is 0 Å². The van der Waals surface area contributed by atoms with Crippen LogP contribution in [0.3, 0.4) is 0 Å². The van der Waals surface area contributed by atoms with Gasteiger partial charge in [0.1, 0.15) is 6.04 Å². The summed E-state index contributed by atoms with van der Waals surface area (Å²) in [5, 5.41) is 10.0. The molecule has 0 aromatic carbocycles. The van der Waals surface area contributed by atoms with E-state index in [1.54, 1.807) is 23.1 Å². The van der Waals surface area contributed by atoms with Crippen molar-refractivity contribution in [2.75, 3.05) is 23.0 Å². The summed E-state index contributed by atoms with van der Waals surface area (Å²) in [4.78, 5) is 18.7. The number of thiazole rings is 1. The van der Waals surface area contributed by atoms with Crippen molar-refractivity contribution in [2.24, 2.45) is 0 Å². The van der Waals surface area contributed by atoms with Gasteiger partial charge in [0.05, 0.1) is 5.69 Å². The van der Waals surface area contributed by atoms with E-state index in [0.717, 1.165) is 28.0 Å². The minimum atomic E-state index is -0.752. The Balaban J connectivity index is 2.26. The molecule has 1 aliphatic heterocycles. The van der Waals surface area contributed by atoms with Crippen LogP contribution in [0.2, 0.25) is 0 Å². The smallest absolute Gasteiger partial charge is 0.327 e. The number of aromatic nitrogens is 1. The molecular formula is C10H14N2O2S2. The molecule has 1 aromatic rings. The molecule has 2 rings (SSSR count). The first kappa shape index (κ1) is 11.7. The molecular weight excluding hydrogens is 244 g/mol. The van der Waals surface area contributed by atoms with Crippen LogP contribution >= 0.6 is 23.1 Å². The lowest BCUT2D eigenvalue weighted by atomic mass is 10.3. The SMILES string of the molecule is Cc1nc(N2CCSCC2C(=O)O)sc1C. The molecule has 1 N–H and O–H groups in total. The standard InChI is InChI=1S/C10H14N2O2S2/c1-6-7(2)16-10(11-6)12-3-4-15-5-8(12)9(13)14/h8H,3-5H2,1-2H3,(H,13,14). The highest BCUT2D eigenvalue weighted by molar-refractivity contribution is 7.99. The van der Waals surface area contributed by atoms with Crippen LogP contribution in [0.25, 0.3) is 0 Å². The Hall–Kier alpha value is -0.750. The zero-order valence-electron chi connectivity index (χ0n) is 9.27. The van der Waals surface area contributed by atoms with Crippen molar-refractivity contribution in [1.29, 1.82) is 0 Å². The summed E-state index contributed by atoms with van der Waals surface area (Å²) in [5.41, 5.74) is 1.00. The van der Waals surface area contributed by atoms with E-state index in [-0.39, 0.29) is 0 Å². The zero-order chi connectivity index (χ0) is 11.7. The highest BCUT2D eigenvalue weighted by atomic mass is 32.2. The maximum Gasteiger partial charge on any atom is 0.327 e. The van der Waals surface area contributed by atoms with Gasteiger partial charge in [0.15, 0.2) is 5.13 Å². The minimum Gasteiger partial charge on any atom is -0.480 e. The molecule has 88 valence electrons. The summed E-state index contributed by atoms with van der Waals surface area (Å²) in [6, 6.07) is -0.427. The van der Waals surface area contributed by atoms with Crippen LogP contribution in [0.5, 0.6) is 0 Å². The largest absolute Gasteiger partial charge is 0.480 e. The first-order valence-corrected chi connectivity index (χ1v) is 7.08. The number of rotatable bonds is 2. The lowest BCUT2D eigenvalue weighted by Crippen LogP contribution is -2.47. The van der Waals surface area contributed by atoms with Gasteiger partial charge in [-0.2, -0.15) is 11.8 Å². The first-order valence-electron chi connectivity index (χ1n) is 5.11. The molecule has 0 saturated carbocycles. The van der Waals surface area contributed by atoms with Gasteiger partial charge in [0.25, 0.3) is 0 Å². The van der Waals surface area contributed by atoms with Crippen molar-refractivity contribution in [1.82, 2.24) is 4.98 Å². The van der Waals surface area contributed by atoms with Crippen molar-refractivity contribution >= 4 is 34.2 Å². The second-order valence-electron chi connectivity index (χ2n) is 3.76. The third-order valence-corrected chi connectivity index (χ3v) is 4.81. The second kappa shape index (κ2) is 4.63. The number of carbonyl (C=O) groups is 1. The van der Waals surface area contributed by atoms with Gasteiger partial charge in [0.2, 0.25) is 0 Å². The van der Waals surface area contributed by atoms with Gasteiger partial charge in [-0.25, -0.2) is 9.78 Å². The van der Waals surface area contributed by atoms with Crippen LogP contribution in [0.1, 0.15) is 10.6 Å². The summed E-state index contributed by atoms with van der Waals surface area (Å²) < 4.78 is 0. The maximum atomic E-state index is 11.2. The van der Waals surface area contributed by atoms with E-state index in [4.69, 9.17) is 5.11 Å². The Morgan fingerprint density at radius 3 is 2.88 bits per heavy atom. The second-order valence-corrected chi connectivity index (χ2v) is 6.09. The summed E-state index contributed by atoms with van der Waals surface area (Å²) in [7, 11) is 0. The zero-order valence-corrected chi connectivity index (χ0v) is 10.9. The van der Waals surface area contributed by atoms with Gasteiger partial charge >= 0.3 is 5.97 Å². The van der Waals surface area contributed by atoms with E-state index in [1.165, 1.54) is 0 Å². The van der Waals surface area contributed by atoms with Crippen LogP contribution in [0.15, 0.2) is 0 Å². The number of hydrogen-bond donors (Lipinski definition) is 1. The third kappa shape index (κ3) is 2.17. The van der Waals surface area contributed by atoms with E-state index in [1.807, 2.05) is 18.7 Å². The number of aryl methyl sites for hydroxylation is 2. The summed E-state index contributed by atoms with van der Waals surface area (Å²) in [6.45, 7) is 4.75. The monoisotopic (exact) mass is 258 g/mol. The lowest BCUT2D eigenvalue weighted by Gasteiger charge is -2.32. The molecule has 2 heterocycles. The fraction of sp³-hybridized carbons (Fsp3) is 0.600. The van der Waals surface area contributed by atoms with E-state index in [2.05, 4.69) is 4.98 Å². The lowest BCUT2D eigenvalue weighted by molar-refractivity contribution is -0.138. The Bertz CT molecular complexity index is 386. The highest BCUT2D eigenvalue weighted by Gasteiger charge is 2.30. The molecule has 1 saturated heterocycles. The number of aliphatic carboxylic acids is 1. The molecule has 0 bridgehead atoms. The topological polar surface area (TPSA) is 53.4 Å². The molecule has 0 amide bonds. The molecule has 1 fully saturated rings. The summed E-state index contributed by atoms with van der Waals surface area (Å²) >= 11 is 3.28. The van der Waals surface area contributed by atoms with Gasteiger partial charge in [-0.1, -0.05) is 0 Å². The molecule has 1 unspecified atom stereocenters. The predicted molar refractivity (Wildman–Crippen MR) is 67.7 cm³/mol. The van der Waals surface area contributed by atoms with E-state index < -0.39 is 12.0 Å².